The zero-order valence-corrected chi connectivity index (χ0v) is 16.5. The van der Waals surface area contributed by atoms with Gasteiger partial charge in [-0.1, -0.05) is 42.0 Å². The third-order valence-electron chi connectivity index (χ3n) is 3.80. The minimum atomic E-state index is -0.419. The van der Waals surface area contributed by atoms with E-state index in [9.17, 15) is 9.59 Å². The molecule has 0 atom stereocenters. The molecule has 0 saturated carbocycles. The van der Waals surface area contributed by atoms with Crippen LogP contribution in [0.15, 0.2) is 22.7 Å². The van der Waals surface area contributed by atoms with Gasteiger partial charge in [-0.05, 0) is 31.9 Å². The van der Waals surface area contributed by atoms with Gasteiger partial charge in [-0.25, -0.2) is 9.78 Å². The van der Waals surface area contributed by atoms with Crippen molar-refractivity contribution in [1.29, 1.82) is 0 Å². The van der Waals surface area contributed by atoms with Crippen LogP contribution in [-0.2, 0) is 16.0 Å². The molecule has 0 aliphatic carbocycles. The molecule has 0 spiro atoms. The van der Waals surface area contributed by atoms with Crippen LogP contribution < -0.4 is 5.32 Å². The number of nitrogens with zero attached hydrogens (tertiary/aromatic N) is 2. The summed E-state index contributed by atoms with van der Waals surface area (Å²) in [4.78, 5) is 29.1. The highest BCUT2D eigenvalue weighted by atomic mass is 32.1. The summed E-state index contributed by atoms with van der Waals surface area (Å²) in [7, 11) is 0. The van der Waals surface area contributed by atoms with Gasteiger partial charge in [0, 0.05) is 5.39 Å². The Balaban J connectivity index is 1.68. The molecule has 0 unspecified atom stereocenters. The van der Waals surface area contributed by atoms with Crippen molar-refractivity contribution in [3.8, 4) is 0 Å². The predicted molar refractivity (Wildman–Crippen MR) is 103 cm³/mol. The molecule has 2 aromatic heterocycles. The number of thiazole rings is 1. The van der Waals surface area contributed by atoms with E-state index >= 15 is 0 Å². The van der Waals surface area contributed by atoms with Crippen molar-refractivity contribution in [2.45, 2.75) is 34.1 Å². The van der Waals surface area contributed by atoms with E-state index in [0.717, 1.165) is 22.3 Å². The number of benzene rings is 1. The highest BCUT2D eigenvalue weighted by Crippen LogP contribution is 2.25. The largest absolute Gasteiger partial charge is 0.461 e. The van der Waals surface area contributed by atoms with Crippen LogP contribution in [0.5, 0.6) is 0 Å². The summed E-state index contributed by atoms with van der Waals surface area (Å²) in [5.41, 5.74) is 2.80. The lowest BCUT2D eigenvalue weighted by atomic mass is 10.1. The van der Waals surface area contributed by atoms with Gasteiger partial charge in [0.15, 0.2) is 10.7 Å². The number of ether oxygens (including phenoxy) is 1. The van der Waals surface area contributed by atoms with Crippen LogP contribution in [0.2, 0.25) is 0 Å². The van der Waals surface area contributed by atoms with Gasteiger partial charge < -0.3 is 14.6 Å². The maximum absolute atomic E-state index is 12.4. The summed E-state index contributed by atoms with van der Waals surface area (Å²) in [6.45, 7) is 7.96. The number of carbonyl (C=O) groups is 2. The first kappa shape index (κ1) is 19.0. The molecule has 1 N–H and O–H groups in total. The molecule has 3 aromatic rings. The van der Waals surface area contributed by atoms with Crippen LogP contribution in [0.3, 0.4) is 0 Å². The number of aryl methyl sites for hydroxylation is 2. The van der Waals surface area contributed by atoms with Crippen LogP contribution in [0.25, 0.3) is 11.0 Å². The van der Waals surface area contributed by atoms with Crippen LogP contribution in [0, 0.1) is 19.8 Å². The van der Waals surface area contributed by atoms with Gasteiger partial charge in [-0.15, -0.1) is 0 Å². The number of anilines is 1. The van der Waals surface area contributed by atoms with E-state index in [0.29, 0.717) is 33.6 Å². The number of fused-ring (bicyclic) bond motifs is 1. The van der Waals surface area contributed by atoms with E-state index in [-0.39, 0.29) is 18.2 Å². The van der Waals surface area contributed by atoms with Crippen molar-refractivity contribution in [1.82, 2.24) is 10.1 Å². The summed E-state index contributed by atoms with van der Waals surface area (Å²) in [5.74, 6) is -0.443. The number of aromatic nitrogens is 2. The summed E-state index contributed by atoms with van der Waals surface area (Å²) < 4.78 is 10.5. The van der Waals surface area contributed by atoms with E-state index in [1.54, 1.807) is 6.92 Å². The van der Waals surface area contributed by atoms with E-state index in [1.807, 2.05) is 39.0 Å². The average Bonchev–Trinajstić information content (AvgIpc) is 3.16. The van der Waals surface area contributed by atoms with Gasteiger partial charge in [-0.3, -0.25) is 4.79 Å². The first-order valence-corrected chi connectivity index (χ1v) is 9.44. The Labute approximate surface area is 160 Å². The van der Waals surface area contributed by atoms with E-state index in [4.69, 9.17) is 9.26 Å². The first-order chi connectivity index (χ1) is 12.8. The highest BCUT2D eigenvalue weighted by Gasteiger charge is 2.19. The Bertz CT molecular complexity index is 990. The Morgan fingerprint density at radius 1 is 1.30 bits per heavy atom. The summed E-state index contributed by atoms with van der Waals surface area (Å²) in [5, 5.41) is 7.88. The fourth-order valence-electron chi connectivity index (χ4n) is 2.49. The number of hydrogen-bond donors (Lipinski definition) is 1. The standard InChI is InChI=1S/C19H21N3O4S/c1-10(2)9-25-18(24)17-12(4)20-19(27-17)21-16(23)8-14-13-7-11(3)5-6-15(13)26-22-14/h5-7,10H,8-9H2,1-4H3,(H,20,21,23). The number of carbonyl (C=O) groups excluding carboxylic acids is 2. The third kappa shape index (κ3) is 4.51. The van der Waals surface area contributed by atoms with Crippen LogP contribution in [0.4, 0.5) is 5.13 Å². The lowest BCUT2D eigenvalue weighted by Crippen LogP contribution is -2.14. The maximum atomic E-state index is 12.4. The van der Waals surface area contributed by atoms with Crippen molar-refractivity contribution in [2.24, 2.45) is 5.92 Å². The first-order valence-electron chi connectivity index (χ1n) is 8.62. The lowest BCUT2D eigenvalue weighted by molar-refractivity contribution is -0.115. The number of rotatable bonds is 6. The molecule has 0 radical (unpaired) electrons. The Kier molecular flexibility index (Phi) is 5.55. The molecule has 2 heterocycles. The van der Waals surface area contributed by atoms with Crippen LogP contribution in [-0.4, -0.2) is 28.6 Å². The molecule has 8 heteroatoms. The van der Waals surface area contributed by atoms with Gasteiger partial charge in [0.25, 0.3) is 0 Å². The number of nitrogens with one attached hydrogen (secondary N) is 1. The molecule has 0 fully saturated rings. The monoisotopic (exact) mass is 387 g/mol. The molecule has 142 valence electrons. The molecule has 0 aliphatic heterocycles. The second-order valence-corrected chi connectivity index (χ2v) is 7.78. The van der Waals surface area contributed by atoms with E-state index in [1.165, 1.54) is 0 Å². The average molecular weight is 387 g/mol. The number of hydrogen-bond acceptors (Lipinski definition) is 7. The maximum Gasteiger partial charge on any atom is 0.350 e. The van der Waals surface area contributed by atoms with Crippen LogP contribution in [0.1, 0.15) is 40.5 Å². The summed E-state index contributed by atoms with van der Waals surface area (Å²) in [6, 6.07) is 5.69. The van der Waals surface area contributed by atoms with Gasteiger partial charge in [0.2, 0.25) is 5.91 Å². The quantitative estimate of drug-likeness (QED) is 0.645. The molecule has 0 bridgehead atoms. The lowest BCUT2D eigenvalue weighted by Gasteiger charge is -2.05. The van der Waals surface area contributed by atoms with E-state index in [2.05, 4.69) is 15.5 Å². The minimum absolute atomic E-state index is 0.0577. The Morgan fingerprint density at radius 3 is 2.81 bits per heavy atom. The minimum Gasteiger partial charge on any atom is -0.461 e. The second kappa shape index (κ2) is 7.87. The summed E-state index contributed by atoms with van der Waals surface area (Å²) >= 11 is 1.10. The van der Waals surface area contributed by atoms with Gasteiger partial charge >= 0.3 is 5.97 Å². The Morgan fingerprint density at radius 2 is 2.07 bits per heavy atom. The molecule has 1 amide bonds. The van der Waals surface area contributed by atoms with Gasteiger partial charge in [-0.2, -0.15) is 0 Å². The van der Waals surface area contributed by atoms with Crippen molar-refractivity contribution < 1.29 is 18.8 Å². The fourth-order valence-corrected chi connectivity index (χ4v) is 3.37. The topological polar surface area (TPSA) is 94.3 Å². The molecular formula is C19H21N3O4S. The van der Waals surface area contributed by atoms with E-state index < -0.39 is 5.97 Å². The molecule has 7 nitrogen and oxygen atoms in total. The number of esters is 1. The molecule has 0 saturated heterocycles. The Hall–Kier alpha value is -2.74. The SMILES string of the molecule is Cc1ccc2onc(CC(=O)Nc3nc(C)c(C(=O)OCC(C)C)s3)c2c1. The second-order valence-electron chi connectivity index (χ2n) is 6.78. The van der Waals surface area contributed by atoms with Crippen molar-refractivity contribution >= 4 is 39.3 Å². The van der Waals surface area contributed by atoms with Crippen LogP contribution >= 0.6 is 11.3 Å². The zero-order chi connectivity index (χ0) is 19.6. The molecule has 27 heavy (non-hydrogen) atoms. The number of amides is 1. The van der Waals surface area contributed by atoms with Gasteiger partial charge in [0.1, 0.15) is 10.6 Å². The van der Waals surface area contributed by atoms with Crippen molar-refractivity contribution in [3.05, 3.63) is 40.0 Å². The molecule has 1 aromatic carbocycles. The third-order valence-corrected chi connectivity index (χ3v) is 4.86. The normalized spacial score (nSPS) is 11.1. The predicted octanol–water partition coefficient (Wildman–Crippen LogP) is 3.90. The highest BCUT2D eigenvalue weighted by molar-refractivity contribution is 7.17. The van der Waals surface area contributed by atoms with Crippen molar-refractivity contribution in [2.75, 3.05) is 11.9 Å². The van der Waals surface area contributed by atoms with Gasteiger partial charge in [0.05, 0.1) is 18.7 Å². The molecular weight excluding hydrogens is 366 g/mol. The smallest absolute Gasteiger partial charge is 0.350 e. The van der Waals surface area contributed by atoms with Crippen molar-refractivity contribution in [3.63, 3.8) is 0 Å². The zero-order valence-electron chi connectivity index (χ0n) is 15.7. The fraction of sp³-hybridized carbons (Fsp3) is 0.368. The molecule has 0 aliphatic rings. The molecule has 3 rings (SSSR count). The summed E-state index contributed by atoms with van der Waals surface area (Å²) in [6.07, 6.45) is 0.0577.